The fraction of sp³-hybridized carbons (Fsp3) is 0.375. The molecule has 3 heterocycles. The SMILES string of the molecule is CC1OC(=O)C2=C1N1CCc3ccccc3C1C/C2=N/O. The third-order valence-corrected chi connectivity index (χ3v) is 4.65. The lowest BCUT2D eigenvalue weighted by molar-refractivity contribution is -0.138. The number of ether oxygens (including phenoxy) is 1. The number of fused-ring (bicyclic) bond motifs is 4. The predicted molar refractivity (Wildman–Crippen MR) is 76.0 cm³/mol. The molecule has 2 atom stereocenters. The van der Waals surface area contributed by atoms with Gasteiger partial charge in [-0.25, -0.2) is 4.79 Å². The lowest BCUT2D eigenvalue weighted by atomic mass is 9.84. The van der Waals surface area contributed by atoms with Crippen LogP contribution in [-0.2, 0) is 16.0 Å². The van der Waals surface area contributed by atoms with Crippen LogP contribution in [0.4, 0.5) is 0 Å². The minimum Gasteiger partial charge on any atom is -0.453 e. The van der Waals surface area contributed by atoms with Gasteiger partial charge in [-0.15, -0.1) is 0 Å². The number of carbonyl (C=O) groups excluding carboxylic acids is 1. The number of benzene rings is 1. The van der Waals surface area contributed by atoms with Crippen LogP contribution in [0.15, 0.2) is 40.7 Å². The molecule has 3 aliphatic heterocycles. The molecule has 0 amide bonds. The first-order valence-corrected chi connectivity index (χ1v) is 7.21. The van der Waals surface area contributed by atoms with Gasteiger partial charge in [-0.3, -0.25) is 0 Å². The highest BCUT2D eigenvalue weighted by molar-refractivity contribution is 6.22. The number of nitrogens with zero attached hydrogens (tertiary/aromatic N) is 2. The molecule has 0 saturated carbocycles. The van der Waals surface area contributed by atoms with E-state index in [1.165, 1.54) is 11.1 Å². The van der Waals surface area contributed by atoms with E-state index in [2.05, 4.69) is 22.2 Å². The molecular formula is C16H16N2O3. The second-order valence-electron chi connectivity index (χ2n) is 5.72. The second kappa shape index (κ2) is 4.35. The third-order valence-electron chi connectivity index (χ3n) is 4.65. The van der Waals surface area contributed by atoms with Gasteiger partial charge >= 0.3 is 5.97 Å². The van der Waals surface area contributed by atoms with Crippen molar-refractivity contribution < 1.29 is 14.7 Å². The molecule has 21 heavy (non-hydrogen) atoms. The van der Waals surface area contributed by atoms with Crippen molar-refractivity contribution in [3.05, 3.63) is 46.7 Å². The standard InChI is InChI=1S/C16H16N2O3/c1-9-15-14(16(19)21-9)12(17-20)8-13-11-5-3-2-4-10(11)6-7-18(13)15/h2-5,9,13,20H,6-8H2,1H3/b17-12-. The Labute approximate surface area is 122 Å². The van der Waals surface area contributed by atoms with E-state index < -0.39 is 0 Å². The van der Waals surface area contributed by atoms with Crippen LogP contribution in [0, 0.1) is 0 Å². The molecule has 5 nitrogen and oxygen atoms in total. The number of cyclic esters (lactones) is 1. The molecule has 0 saturated heterocycles. The van der Waals surface area contributed by atoms with E-state index in [-0.39, 0.29) is 18.1 Å². The molecule has 0 aliphatic carbocycles. The van der Waals surface area contributed by atoms with Gasteiger partial charge in [0.2, 0.25) is 0 Å². The van der Waals surface area contributed by atoms with Gasteiger partial charge in [0.25, 0.3) is 0 Å². The van der Waals surface area contributed by atoms with Crippen molar-refractivity contribution in [2.45, 2.75) is 31.9 Å². The molecule has 0 spiro atoms. The number of hydrogen-bond acceptors (Lipinski definition) is 5. The number of hydrogen-bond donors (Lipinski definition) is 1. The van der Waals surface area contributed by atoms with Crippen LogP contribution in [0.2, 0.25) is 0 Å². The minimum atomic E-state index is -0.373. The topological polar surface area (TPSA) is 62.1 Å². The second-order valence-corrected chi connectivity index (χ2v) is 5.72. The van der Waals surface area contributed by atoms with Crippen molar-refractivity contribution in [3.63, 3.8) is 0 Å². The summed E-state index contributed by atoms with van der Waals surface area (Å²) in [5.74, 6) is -0.373. The average Bonchev–Trinajstić information content (AvgIpc) is 2.81. The molecule has 1 N–H and O–H groups in total. The zero-order valence-corrected chi connectivity index (χ0v) is 11.7. The van der Waals surface area contributed by atoms with Crippen molar-refractivity contribution in [1.29, 1.82) is 0 Å². The number of esters is 1. The van der Waals surface area contributed by atoms with E-state index in [1.807, 2.05) is 19.1 Å². The van der Waals surface area contributed by atoms with Crippen LogP contribution in [0.5, 0.6) is 0 Å². The Morgan fingerprint density at radius 3 is 3.00 bits per heavy atom. The molecule has 1 aromatic carbocycles. The average molecular weight is 284 g/mol. The Hall–Kier alpha value is -2.30. The van der Waals surface area contributed by atoms with Gasteiger partial charge in [-0.05, 0) is 24.5 Å². The van der Waals surface area contributed by atoms with Gasteiger partial charge in [0.15, 0.2) is 0 Å². The lowest BCUT2D eigenvalue weighted by Gasteiger charge is -2.43. The van der Waals surface area contributed by atoms with Crippen LogP contribution in [0.3, 0.4) is 0 Å². The molecule has 1 aromatic rings. The van der Waals surface area contributed by atoms with E-state index in [1.54, 1.807) is 0 Å². The summed E-state index contributed by atoms with van der Waals surface area (Å²) in [4.78, 5) is 14.3. The summed E-state index contributed by atoms with van der Waals surface area (Å²) in [6, 6.07) is 8.47. The first kappa shape index (κ1) is 12.4. The molecule has 3 aliphatic rings. The Morgan fingerprint density at radius 2 is 2.19 bits per heavy atom. The molecule has 0 radical (unpaired) electrons. The van der Waals surface area contributed by atoms with Crippen molar-refractivity contribution in [2.24, 2.45) is 5.16 Å². The summed E-state index contributed by atoms with van der Waals surface area (Å²) in [6.45, 7) is 2.73. The maximum absolute atomic E-state index is 12.0. The van der Waals surface area contributed by atoms with Gasteiger partial charge < -0.3 is 14.8 Å². The Balaban J connectivity index is 1.88. The maximum Gasteiger partial charge on any atom is 0.342 e. The summed E-state index contributed by atoms with van der Waals surface area (Å²) in [5.41, 5.74) is 4.36. The molecule has 108 valence electrons. The fourth-order valence-electron chi connectivity index (χ4n) is 3.76. The zero-order valence-electron chi connectivity index (χ0n) is 11.7. The zero-order chi connectivity index (χ0) is 14.6. The minimum absolute atomic E-state index is 0.122. The van der Waals surface area contributed by atoms with E-state index in [0.29, 0.717) is 17.7 Å². The van der Waals surface area contributed by atoms with E-state index in [9.17, 15) is 10.0 Å². The molecule has 0 aromatic heterocycles. The predicted octanol–water partition coefficient (Wildman–Crippen LogP) is 2.02. The van der Waals surface area contributed by atoms with Gasteiger partial charge in [-0.2, -0.15) is 0 Å². The largest absolute Gasteiger partial charge is 0.453 e. The van der Waals surface area contributed by atoms with E-state index in [0.717, 1.165) is 18.7 Å². The summed E-state index contributed by atoms with van der Waals surface area (Å²) in [6.07, 6.45) is 1.21. The van der Waals surface area contributed by atoms with Crippen molar-refractivity contribution in [3.8, 4) is 0 Å². The summed E-state index contributed by atoms with van der Waals surface area (Å²) < 4.78 is 5.33. The molecule has 2 unspecified atom stereocenters. The van der Waals surface area contributed by atoms with Gasteiger partial charge in [0.05, 0.1) is 17.5 Å². The maximum atomic E-state index is 12.0. The summed E-state index contributed by atoms with van der Waals surface area (Å²) in [5, 5.41) is 12.7. The number of rotatable bonds is 0. The Bertz CT molecular complexity index is 693. The van der Waals surface area contributed by atoms with E-state index >= 15 is 0 Å². The first-order chi connectivity index (χ1) is 10.2. The molecule has 0 fully saturated rings. The molecular weight excluding hydrogens is 268 g/mol. The third kappa shape index (κ3) is 1.63. The number of oxime groups is 1. The first-order valence-electron chi connectivity index (χ1n) is 7.21. The van der Waals surface area contributed by atoms with Crippen LogP contribution in [0.25, 0.3) is 0 Å². The normalized spacial score (nSPS) is 29.1. The van der Waals surface area contributed by atoms with Gasteiger partial charge in [0.1, 0.15) is 11.7 Å². The quantitative estimate of drug-likeness (QED) is 0.450. The van der Waals surface area contributed by atoms with Gasteiger partial charge in [0, 0.05) is 13.0 Å². The summed E-state index contributed by atoms with van der Waals surface area (Å²) >= 11 is 0. The molecule has 4 rings (SSSR count). The van der Waals surface area contributed by atoms with Crippen LogP contribution in [-0.4, -0.2) is 34.4 Å². The van der Waals surface area contributed by atoms with Crippen molar-refractivity contribution in [1.82, 2.24) is 4.90 Å². The highest BCUT2D eigenvalue weighted by Gasteiger charge is 2.45. The highest BCUT2D eigenvalue weighted by atomic mass is 16.5. The van der Waals surface area contributed by atoms with Crippen LogP contribution >= 0.6 is 0 Å². The fourth-order valence-corrected chi connectivity index (χ4v) is 3.76. The molecule has 5 heteroatoms. The Morgan fingerprint density at radius 1 is 1.38 bits per heavy atom. The van der Waals surface area contributed by atoms with Crippen LogP contribution in [0.1, 0.15) is 30.5 Å². The lowest BCUT2D eigenvalue weighted by Crippen LogP contribution is -2.42. The van der Waals surface area contributed by atoms with E-state index in [4.69, 9.17) is 4.74 Å². The highest BCUT2D eigenvalue weighted by Crippen LogP contribution is 2.43. The van der Waals surface area contributed by atoms with Crippen molar-refractivity contribution >= 4 is 11.7 Å². The smallest absolute Gasteiger partial charge is 0.342 e. The summed E-state index contributed by atoms with van der Waals surface area (Å²) in [7, 11) is 0. The molecule has 0 bridgehead atoms. The van der Waals surface area contributed by atoms with Gasteiger partial charge in [-0.1, -0.05) is 29.4 Å². The Kier molecular flexibility index (Phi) is 2.58. The van der Waals surface area contributed by atoms with Crippen molar-refractivity contribution in [2.75, 3.05) is 6.54 Å². The number of carbonyl (C=O) groups is 1. The van der Waals surface area contributed by atoms with Crippen LogP contribution < -0.4 is 0 Å². The monoisotopic (exact) mass is 284 g/mol.